The van der Waals surface area contributed by atoms with Crippen LogP contribution < -0.4 is 10.1 Å². The molecule has 0 spiro atoms. The maximum absolute atomic E-state index is 11.2. The fraction of sp³-hybridized carbons (Fsp3) is 0.235. The zero-order valence-corrected chi connectivity index (χ0v) is 13.3. The van der Waals surface area contributed by atoms with Gasteiger partial charge in [0, 0.05) is 17.3 Å². The van der Waals surface area contributed by atoms with E-state index in [4.69, 9.17) is 21.4 Å². The van der Waals surface area contributed by atoms with E-state index < -0.39 is 5.97 Å². The standard InChI is InChI=1S/C17H18ClNO3/c1-11-3-5-14(9-12(11)2)22-8-7-19-16-6-4-13(18)10-15(16)17(20)21/h3-6,9-10,19H,7-8H2,1-2H3,(H,20,21). The summed E-state index contributed by atoms with van der Waals surface area (Å²) in [6.07, 6.45) is 0. The van der Waals surface area contributed by atoms with Gasteiger partial charge in [0.1, 0.15) is 12.4 Å². The largest absolute Gasteiger partial charge is 0.492 e. The van der Waals surface area contributed by atoms with E-state index >= 15 is 0 Å². The highest BCUT2D eigenvalue weighted by atomic mass is 35.5. The van der Waals surface area contributed by atoms with Crippen LogP contribution in [0.4, 0.5) is 5.69 Å². The Labute approximate surface area is 134 Å². The Kier molecular flexibility index (Phi) is 5.28. The molecule has 2 aromatic carbocycles. The van der Waals surface area contributed by atoms with Crippen LogP contribution in [-0.2, 0) is 0 Å². The lowest BCUT2D eigenvalue weighted by Crippen LogP contribution is -2.14. The van der Waals surface area contributed by atoms with Crippen LogP contribution in [0.25, 0.3) is 0 Å². The van der Waals surface area contributed by atoms with Crippen LogP contribution in [-0.4, -0.2) is 24.2 Å². The smallest absolute Gasteiger partial charge is 0.337 e. The fourth-order valence-corrected chi connectivity index (χ4v) is 2.18. The second-order valence-corrected chi connectivity index (χ2v) is 5.45. The third kappa shape index (κ3) is 4.15. The predicted molar refractivity (Wildman–Crippen MR) is 88.3 cm³/mol. The Morgan fingerprint density at radius 1 is 1.18 bits per heavy atom. The first kappa shape index (κ1) is 16.2. The van der Waals surface area contributed by atoms with Crippen molar-refractivity contribution in [3.05, 3.63) is 58.1 Å². The molecule has 0 heterocycles. The summed E-state index contributed by atoms with van der Waals surface area (Å²) in [5.74, 6) is -0.209. The van der Waals surface area contributed by atoms with Crippen molar-refractivity contribution in [1.82, 2.24) is 0 Å². The van der Waals surface area contributed by atoms with Crippen molar-refractivity contribution in [2.24, 2.45) is 0 Å². The number of hydrogen-bond donors (Lipinski definition) is 2. The molecule has 0 bridgehead atoms. The summed E-state index contributed by atoms with van der Waals surface area (Å²) in [6, 6.07) is 10.7. The third-order valence-corrected chi connectivity index (χ3v) is 3.61. The molecule has 0 aliphatic heterocycles. The topological polar surface area (TPSA) is 58.6 Å². The zero-order valence-electron chi connectivity index (χ0n) is 12.5. The summed E-state index contributed by atoms with van der Waals surface area (Å²) >= 11 is 5.81. The number of carboxylic acids is 1. The molecule has 0 atom stereocenters. The van der Waals surface area contributed by atoms with Gasteiger partial charge in [0.05, 0.1) is 5.56 Å². The number of ether oxygens (including phenoxy) is 1. The molecule has 22 heavy (non-hydrogen) atoms. The Bertz CT molecular complexity index is 686. The molecule has 0 aliphatic carbocycles. The normalized spacial score (nSPS) is 10.3. The Morgan fingerprint density at radius 2 is 1.95 bits per heavy atom. The van der Waals surface area contributed by atoms with Gasteiger partial charge in [0.15, 0.2) is 0 Å². The molecule has 0 amide bonds. The lowest BCUT2D eigenvalue weighted by Gasteiger charge is -2.12. The van der Waals surface area contributed by atoms with Gasteiger partial charge in [-0.3, -0.25) is 0 Å². The first-order chi connectivity index (χ1) is 10.5. The highest BCUT2D eigenvalue weighted by Crippen LogP contribution is 2.21. The summed E-state index contributed by atoms with van der Waals surface area (Å²) in [4.78, 5) is 11.2. The van der Waals surface area contributed by atoms with Crippen LogP contribution in [0.1, 0.15) is 21.5 Å². The van der Waals surface area contributed by atoms with Crippen molar-refractivity contribution >= 4 is 23.3 Å². The Morgan fingerprint density at radius 3 is 2.64 bits per heavy atom. The monoisotopic (exact) mass is 319 g/mol. The van der Waals surface area contributed by atoms with Gasteiger partial charge in [-0.05, 0) is 55.3 Å². The van der Waals surface area contributed by atoms with Crippen LogP contribution in [0, 0.1) is 13.8 Å². The molecule has 2 aromatic rings. The molecule has 2 N–H and O–H groups in total. The number of aromatic carboxylic acids is 1. The second-order valence-electron chi connectivity index (χ2n) is 5.02. The van der Waals surface area contributed by atoms with E-state index in [1.165, 1.54) is 17.2 Å². The van der Waals surface area contributed by atoms with Gasteiger partial charge in [-0.25, -0.2) is 4.79 Å². The SMILES string of the molecule is Cc1ccc(OCCNc2ccc(Cl)cc2C(=O)O)cc1C. The van der Waals surface area contributed by atoms with Crippen molar-refractivity contribution in [3.63, 3.8) is 0 Å². The van der Waals surface area contributed by atoms with E-state index in [1.807, 2.05) is 25.1 Å². The Balaban J connectivity index is 1.91. The highest BCUT2D eigenvalue weighted by Gasteiger charge is 2.10. The minimum atomic E-state index is -1.01. The van der Waals surface area contributed by atoms with Crippen LogP contribution >= 0.6 is 11.6 Å². The summed E-state index contributed by atoms with van der Waals surface area (Å²) in [6.45, 7) is 5.01. The molecule has 0 saturated heterocycles. The van der Waals surface area contributed by atoms with Crippen LogP contribution in [0.15, 0.2) is 36.4 Å². The van der Waals surface area contributed by atoms with Crippen molar-refractivity contribution < 1.29 is 14.6 Å². The molecule has 0 aromatic heterocycles. The van der Waals surface area contributed by atoms with Crippen molar-refractivity contribution in [1.29, 1.82) is 0 Å². The minimum Gasteiger partial charge on any atom is -0.492 e. The molecule has 4 nitrogen and oxygen atoms in total. The van der Waals surface area contributed by atoms with Gasteiger partial charge < -0.3 is 15.2 Å². The molecule has 5 heteroatoms. The highest BCUT2D eigenvalue weighted by molar-refractivity contribution is 6.31. The van der Waals surface area contributed by atoms with Gasteiger partial charge in [-0.15, -0.1) is 0 Å². The molecule has 0 aliphatic rings. The maximum Gasteiger partial charge on any atom is 0.337 e. The van der Waals surface area contributed by atoms with E-state index in [0.29, 0.717) is 23.9 Å². The maximum atomic E-state index is 11.2. The van der Waals surface area contributed by atoms with Gasteiger partial charge in [-0.1, -0.05) is 17.7 Å². The van der Waals surface area contributed by atoms with E-state index in [9.17, 15) is 4.79 Å². The lowest BCUT2D eigenvalue weighted by molar-refractivity contribution is 0.0698. The number of aryl methyl sites for hydroxylation is 2. The molecule has 116 valence electrons. The van der Waals surface area contributed by atoms with Crippen LogP contribution in [0.3, 0.4) is 0 Å². The second kappa shape index (κ2) is 7.18. The number of rotatable bonds is 6. The molecule has 0 unspecified atom stereocenters. The van der Waals surface area contributed by atoms with E-state index in [-0.39, 0.29) is 5.56 Å². The summed E-state index contributed by atoms with van der Waals surface area (Å²) in [5.41, 5.74) is 3.08. The number of hydrogen-bond acceptors (Lipinski definition) is 3. The number of anilines is 1. The summed E-state index contributed by atoms with van der Waals surface area (Å²) < 4.78 is 5.65. The summed E-state index contributed by atoms with van der Waals surface area (Å²) in [5, 5.41) is 12.6. The van der Waals surface area contributed by atoms with Gasteiger partial charge in [0.2, 0.25) is 0 Å². The van der Waals surface area contributed by atoms with Crippen molar-refractivity contribution in [3.8, 4) is 5.75 Å². The average molecular weight is 320 g/mol. The number of carboxylic acid groups (broad SMARTS) is 1. The van der Waals surface area contributed by atoms with Crippen LogP contribution in [0.2, 0.25) is 5.02 Å². The molecule has 2 rings (SSSR count). The molecular weight excluding hydrogens is 302 g/mol. The van der Waals surface area contributed by atoms with Gasteiger partial charge in [0.25, 0.3) is 0 Å². The van der Waals surface area contributed by atoms with Crippen molar-refractivity contribution in [2.45, 2.75) is 13.8 Å². The van der Waals surface area contributed by atoms with E-state index in [2.05, 4.69) is 12.2 Å². The lowest BCUT2D eigenvalue weighted by atomic mass is 10.1. The van der Waals surface area contributed by atoms with Crippen molar-refractivity contribution in [2.75, 3.05) is 18.5 Å². The molecule has 0 radical (unpaired) electrons. The average Bonchev–Trinajstić information content (AvgIpc) is 2.48. The predicted octanol–water partition coefficient (Wildman–Crippen LogP) is 4.15. The van der Waals surface area contributed by atoms with Gasteiger partial charge in [-0.2, -0.15) is 0 Å². The zero-order chi connectivity index (χ0) is 16.1. The number of benzene rings is 2. The third-order valence-electron chi connectivity index (χ3n) is 3.38. The first-order valence-corrected chi connectivity index (χ1v) is 7.32. The number of carbonyl (C=O) groups is 1. The number of halogens is 1. The Hall–Kier alpha value is -2.20. The van der Waals surface area contributed by atoms with Crippen LogP contribution in [0.5, 0.6) is 5.75 Å². The number of nitrogens with one attached hydrogen (secondary N) is 1. The molecule has 0 saturated carbocycles. The molecule has 0 fully saturated rings. The quantitative estimate of drug-likeness (QED) is 0.785. The van der Waals surface area contributed by atoms with Gasteiger partial charge >= 0.3 is 5.97 Å². The van der Waals surface area contributed by atoms with E-state index in [1.54, 1.807) is 12.1 Å². The fourth-order valence-electron chi connectivity index (χ4n) is 2.01. The minimum absolute atomic E-state index is 0.152. The van der Waals surface area contributed by atoms with E-state index in [0.717, 1.165) is 5.75 Å². The molecular formula is C17H18ClNO3. The first-order valence-electron chi connectivity index (χ1n) is 6.94. The summed E-state index contributed by atoms with van der Waals surface area (Å²) in [7, 11) is 0.